The number of carbonyl (C=O) groups excluding carboxylic acids is 1. The number of hydrogen-bond donors (Lipinski definition) is 0. The summed E-state index contributed by atoms with van der Waals surface area (Å²) >= 11 is 0. The minimum Gasteiger partial charge on any atom is -0.299 e. The van der Waals surface area contributed by atoms with Gasteiger partial charge >= 0.3 is 0 Å². The number of hydrogen-bond acceptors (Lipinski definition) is 1. The molecule has 0 saturated heterocycles. The van der Waals surface area contributed by atoms with Crippen molar-refractivity contribution in [1.29, 1.82) is 0 Å². The van der Waals surface area contributed by atoms with Crippen LogP contribution in [0.5, 0.6) is 0 Å². The van der Waals surface area contributed by atoms with Crippen molar-refractivity contribution in [3.05, 3.63) is 34.9 Å². The Morgan fingerprint density at radius 2 is 1.79 bits per heavy atom. The van der Waals surface area contributed by atoms with E-state index in [1.165, 1.54) is 16.7 Å². The molecule has 0 spiro atoms. The molecule has 0 fully saturated rings. The molecule has 0 aromatic carbocycles. The Bertz CT molecular complexity index is 396. The number of carbonyl (C=O) groups is 1. The Hall–Kier alpha value is -1.11. The first-order chi connectivity index (χ1) is 9.04. The number of ketones is 1. The molecule has 1 aliphatic carbocycles. The monoisotopic (exact) mass is 260 g/mol. The van der Waals surface area contributed by atoms with Crippen LogP contribution in [0.2, 0.25) is 0 Å². The smallest absolute Gasteiger partial charge is 0.139 e. The van der Waals surface area contributed by atoms with Crippen molar-refractivity contribution in [2.45, 2.75) is 66.2 Å². The molecule has 1 heteroatoms. The van der Waals surface area contributed by atoms with E-state index in [0.717, 1.165) is 32.1 Å². The highest BCUT2D eigenvalue weighted by molar-refractivity contribution is 5.83. The average Bonchev–Trinajstić information content (AvgIpc) is 2.37. The van der Waals surface area contributed by atoms with Crippen LogP contribution in [0.1, 0.15) is 66.2 Å². The molecule has 0 N–H and O–H groups in total. The zero-order valence-corrected chi connectivity index (χ0v) is 13.0. The van der Waals surface area contributed by atoms with Gasteiger partial charge in [-0.2, -0.15) is 0 Å². The van der Waals surface area contributed by atoms with Crippen molar-refractivity contribution >= 4 is 5.78 Å². The van der Waals surface area contributed by atoms with E-state index in [4.69, 9.17) is 0 Å². The second-order valence-electron chi connectivity index (χ2n) is 5.73. The molecular weight excluding hydrogens is 232 g/mol. The third-order valence-corrected chi connectivity index (χ3v) is 4.05. The van der Waals surface area contributed by atoms with Crippen LogP contribution in [0.4, 0.5) is 0 Å². The standard InChI is InChI=1S/C18H28O/c1-5-18(19)17-13-12-15(3)9-6-8-14(2)10-7-11-16(17)4/h9-11,17H,5-8,12-13H2,1-4H3/b14-10+,15-9+,16-11?. The Balaban J connectivity index is 2.91. The van der Waals surface area contributed by atoms with Crippen molar-refractivity contribution in [2.24, 2.45) is 5.92 Å². The first kappa shape index (κ1) is 15.9. The molecule has 1 atom stereocenters. The van der Waals surface area contributed by atoms with Gasteiger partial charge in [0, 0.05) is 12.3 Å². The lowest BCUT2D eigenvalue weighted by atomic mass is 9.87. The van der Waals surface area contributed by atoms with Gasteiger partial charge in [-0.05, 0) is 52.9 Å². The van der Waals surface area contributed by atoms with Crippen molar-refractivity contribution in [1.82, 2.24) is 0 Å². The molecule has 0 saturated carbocycles. The maximum absolute atomic E-state index is 12.1. The summed E-state index contributed by atoms with van der Waals surface area (Å²) in [6, 6.07) is 0. The summed E-state index contributed by atoms with van der Waals surface area (Å²) in [6.07, 6.45) is 12.8. The lowest BCUT2D eigenvalue weighted by Crippen LogP contribution is -2.15. The van der Waals surface area contributed by atoms with Gasteiger partial charge in [0.05, 0.1) is 0 Å². The van der Waals surface area contributed by atoms with Crippen molar-refractivity contribution in [3.8, 4) is 0 Å². The predicted molar refractivity (Wildman–Crippen MR) is 83.1 cm³/mol. The molecule has 1 nitrogen and oxygen atoms in total. The fraction of sp³-hybridized carbons (Fsp3) is 0.611. The largest absolute Gasteiger partial charge is 0.299 e. The van der Waals surface area contributed by atoms with Gasteiger partial charge in [0.15, 0.2) is 0 Å². The van der Waals surface area contributed by atoms with Gasteiger partial charge in [0.25, 0.3) is 0 Å². The van der Waals surface area contributed by atoms with Gasteiger partial charge < -0.3 is 0 Å². The molecule has 0 heterocycles. The second kappa shape index (κ2) is 8.14. The Morgan fingerprint density at radius 3 is 2.47 bits per heavy atom. The van der Waals surface area contributed by atoms with Gasteiger partial charge in [-0.15, -0.1) is 0 Å². The van der Waals surface area contributed by atoms with E-state index in [0.29, 0.717) is 12.2 Å². The van der Waals surface area contributed by atoms with E-state index in [9.17, 15) is 4.79 Å². The number of Topliss-reactive ketones (excluding diaryl/α,β-unsaturated/α-hetero) is 1. The highest BCUT2D eigenvalue weighted by Gasteiger charge is 2.18. The molecule has 0 radical (unpaired) electrons. The maximum Gasteiger partial charge on any atom is 0.139 e. The topological polar surface area (TPSA) is 17.1 Å². The summed E-state index contributed by atoms with van der Waals surface area (Å²) in [7, 11) is 0. The third kappa shape index (κ3) is 5.59. The first-order valence-corrected chi connectivity index (χ1v) is 7.55. The summed E-state index contributed by atoms with van der Waals surface area (Å²) in [5.74, 6) is 0.515. The Morgan fingerprint density at radius 1 is 1.11 bits per heavy atom. The van der Waals surface area contributed by atoms with E-state index in [1.54, 1.807) is 0 Å². The van der Waals surface area contributed by atoms with Crippen LogP contribution in [0.3, 0.4) is 0 Å². The van der Waals surface area contributed by atoms with E-state index < -0.39 is 0 Å². The molecule has 1 unspecified atom stereocenters. The predicted octanol–water partition coefficient (Wildman–Crippen LogP) is 5.38. The van der Waals surface area contributed by atoms with E-state index in [-0.39, 0.29) is 5.92 Å². The van der Waals surface area contributed by atoms with Crippen LogP contribution in [-0.4, -0.2) is 5.78 Å². The molecule has 106 valence electrons. The van der Waals surface area contributed by atoms with Gasteiger partial charge in [-0.3, -0.25) is 4.79 Å². The highest BCUT2D eigenvalue weighted by Crippen LogP contribution is 2.24. The average molecular weight is 260 g/mol. The zero-order valence-electron chi connectivity index (χ0n) is 13.0. The van der Waals surface area contributed by atoms with Crippen molar-refractivity contribution < 1.29 is 4.79 Å². The van der Waals surface area contributed by atoms with Gasteiger partial charge in [0.2, 0.25) is 0 Å². The number of rotatable bonds is 2. The SMILES string of the molecule is CCC(=O)C1CC/C(C)=C/CC/C(C)=C/CC=C1C. The molecule has 0 bridgehead atoms. The van der Waals surface area contributed by atoms with E-state index in [2.05, 4.69) is 39.0 Å². The van der Waals surface area contributed by atoms with Crippen LogP contribution >= 0.6 is 0 Å². The fourth-order valence-electron chi connectivity index (χ4n) is 2.60. The minimum atomic E-state index is 0.126. The fourth-order valence-corrected chi connectivity index (χ4v) is 2.60. The molecular formula is C18H28O. The Labute approximate surface area is 118 Å². The quantitative estimate of drug-likeness (QED) is 0.609. The highest BCUT2D eigenvalue weighted by atomic mass is 16.1. The van der Waals surface area contributed by atoms with Crippen LogP contribution in [0.15, 0.2) is 34.9 Å². The van der Waals surface area contributed by atoms with E-state index in [1.807, 2.05) is 6.92 Å². The zero-order chi connectivity index (χ0) is 14.3. The molecule has 0 aromatic rings. The van der Waals surface area contributed by atoms with Gasteiger partial charge in [0.1, 0.15) is 5.78 Å². The summed E-state index contributed by atoms with van der Waals surface area (Å²) in [6.45, 7) is 8.48. The van der Waals surface area contributed by atoms with Crippen LogP contribution < -0.4 is 0 Å². The summed E-state index contributed by atoms with van der Waals surface area (Å²) in [5, 5.41) is 0. The lowest BCUT2D eigenvalue weighted by Gasteiger charge is -2.17. The molecule has 0 aliphatic heterocycles. The lowest BCUT2D eigenvalue weighted by molar-refractivity contribution is -0.121. The molecule has 0 aromatic heterocycles. The van der Waals surface area contributed by atoms with Crippen LogP contribution in [0.25, 0.3) is 0 Å². The van der Waals surface area contributed by atoms with Gasteiger partial charge in [-0.25, -0.2) is 0 Å². The molecule has 19 heavy (non-hydrogen) atoms. The molecule has 0 amide bonds. The second-order valence-corrected chi connectivity index (χ2v) is 5.73. The summed E-state index contributed by atoms with van der Waals surface area (Å²) < 4.78 is 0. The molecule has 1 rings (SSSR count). The maximum atomic E-state index is 12.1. The van der Waals surface area contributed by atoms with Crippen molar-refractivity contribution in [3.63, 3.8) is 0 Å². The van der Waals surface area contributed by atoms with Crippen molar-refractivity contribution in [2.75, 3.05) is 0 Å². The third-order valence-electron chi connectivity index (χ3n) is 4.05. The molecule has 1 aliphatic rings. The van der Waals surface area contributed by atoms with Crippen LogP contribution in [0, 0.1) is 5.92 Å². The first-order valence-electron chi connectivity index (χ1n) is 7.55. The van der Waals surface area contributed by atoms with E-state index >= 15 is 0 Å². The minimum absolute atomic E-state index is 0.126. The Kier molecular flexibility index (Phi) is 6.83. The normalized spacial score (nSPS) is 28.0. The summed E-state index contributed by atoms with van der Waals surface area (Å²) in [4.78, 5) is 12.1. The number of allylic oxidation sites excluding steroid dienone is 6. The summed E-state index contributed by atoms with van der Waals surface area (Å²) in [5.41, 5.74) is 4.13. The van der Waals surface area contributed by atoms with Gasteiger partial charge in [-0.1, -0.05) is 41.9 Å². The van der Waals surface area contributed by atoms with Crippen LogP contribution in [-0.2, 0) is 4.79 Å².